The Labute approximate surface area is 216 Å². The minimum Gasteiger partial charge on any atom is -0.493 e. The van der Waals surface area contributed by atoms with Gasteiger partial charge in [0.15, 0.2) is 11.5 Å². The molecular weight excluding hydrogens is 497 g/mol. The number of anilines is 1. The number of rotatable bonds is 7. The largest absolute Gasteiger partial charge is 0.493 e. The smallest absolute Gasteiger partial charge is 0.416 e. The molecule has 1 N–H and O–H groups in total. The Hall–Kier alpha value is -5.04. The van der Waals surface area contributed by atoms with Crippen LogP contribution in [0.25, 0.3) is 23.0 Å². The number of aromatic nitrogens is 2. The van der Waals surface area contributed by atoms with E-state index in [0.29, 0.717) is 28.3 Å². The van der Waals surface area contributed by atoms with Crippen LogP contribution in [-0.2, 0) is 11.0 Å². The maximum absolute atomic E-state index is 13.1. The number of para-hydroxylation sites is 1. The summed E-state index contributed by atoms with van der Waals surface area (Å²) in [6.07, 6.45) is -1.59. The molecule has 3 aromatic carbocycles. The molecule has 0 saturated heterocycles. The number of nitrogens with zero attached hydrogens (tertiary/aromatic N) is 3. The number of methoxy groups -OCH3 is 2. The minimum atomic E-state index is -4.57. The highest BCUT2D eigenvalue weighted by molar-refractivity contribution is 6.10. The number of alkyl halides is 3. The Morgan fingerprint density at radius 3 is 2.39 bits per heavy atom. The van der Waals surface area contributed by atoms with E-state index in [0.717, 1.165) is 17.8 Å². The van der Waals surface area contributed by atoms with Crippen molar-refractivity contribution in [3.05, 3.63) is 95.7 Å². The number of carbonyl (C=O) groups excluding carboxylic acids is 1. The van der Waals surface area contributed by atoms with E-state index in [1.807, 2.05) is 36.4 Å². The molecule has 192 valence electrons. The van der Waals surface area contributed by atoms with Gasteiger partial charge < -0.3 is 14.8 Å². The van der Waals surface area contributed by atoms with Crippen molar-refractivity contribution >= 4 is 17.7 Å². The molecule has 4 aromatic rings. The van der Waals surface area contributed by atoms with Crippen molar-refractivity contribution in [2.24, 2.45) is 0 Å². The summed E-state index contributed by atoms with van der Waals surface area (Å²) in [5.41, 5.74) is 0.895. The Kier molecular flexibility index (Phi) is 7.48. The third kappa shape index (κ3) is 5.68. The lowest BCUT2D eigenvalue weighted by molar-refractivity contribution is -0.137. The lowest BCUT2D eigenvalue weighted by Gasteiger charge is -2.10. The van der Waals surface area contributed by atoms with Gasteiger partial charge >= 0.3 is 6.18 Å². The molecule has 0 spiro atoms. The van der Waals surface area contributed by atoms with E-state index in [9.17, 15) is 23.2 Å². The molecule has 1 heterocycles. The van der Waals surface area contributed by atoms with Crippen LogP contribution in [0.4, 0.5) is 18.9 Å². The molecule has 7 nitrogen and oxygen atoms in total. The van der Waals surface area contributed by atoms with Crippen LogP contribution >= 0.6 is 0 Å². The van der Waals surface area contributed by atoms with Crippen molar-refractivity contribution < 1.29 is 27.4 Å². The molecule has 0 aliphatic rings. The van der Waals surface area contributed by atoms with Crippen molar-refractivity contribution in [1.29, 1.82) is 5.26 Å². The normalized spacial score (nSPS) is 11.5. The van der Waals surface area contributed by atoms with Crippen LogP contribution in [0, 0.1) is 11.3 Å². The molecule has 0 bridgehead atoms. The van der Waals surface area contributed by atoms with E-state index in [1.165, 1.54) is 32.4 Å². The predicted octanol–water partition coefficient (Wildman–Crippen LogP) is 6.12. The summed E-state index contributed by atoms with van der Waals surface area (Å²) in [5.74, 6) is 0.101. The Bertz CT molecular complexity index is 1540. The third-order valence-electron chi connectivity index (χ3n) is 5.53. The average molecular weight is 518 g/mol. The molecular formula is C28H21F3N4O3. The first-order chi connectivity index (χ1) is 18.2. The first-order valence-corrected chi connectivity index (χ1v) is 11.2. The Morgan fingerprint density at radius 2 is 1.74 bits per heavy atom. The zero-order valence-corrected chi connectivity index (χ0v) is 20.3. The van der Waals surface area contributed by atoms with Crippen LogP contribution in [0.15, 0.2) is 84.6 Å². The van der Waals surface area contributed by atoms with E-state index < -0.39 is 17.6 Å². The highest BCUT2D eigenvalue weighted by Crippen LogP contribution is 2.34. The van der Waals surface area contributed by atoms with Gasteiger partial charge in [-0.05, 0) is 54.6 Å². The summed E-state index contributed by atoms with van der Waals surface area (Å²) in [5, 5.41) is 16.8. The molecule has 0 atom stereocenters. The van der Waals surface area contributed by atoms with Gasteiger partial charge in [-0.3, -0.25) is 4.79 Å². The van der Waals surface area contributed by atoms with Gasteiger partial charge in [-0.25, -0.2) is 4.68 Å². The maximum Gasteiger partial charge on any atom is 0.416 e. The number of halogens is 3. The van der Waals surface area contributed by atoms with Gasteiger partial charge in [-0.1, -0.05) is 24.3 Å². The number of hydrogen-bond acceptors (Lipinski definition) is 5. The predicted molar refractivity (Wildman–Crippen MR) is 136 cm³/mol. The zero-order chi connectivity index (χ0) is 27.3. The zero-order valence-electron chi connectivity index (χ0n) is 20.3. The van der Waals surface area contributed by atoms with E-state index in [-0.39, 0.29) is 11.3 Å². The SMILES string of the molecule is COc1ccc(-c2nn(-c3ccccc3)cc2C=C(C#N)C(=O)Nc2cccc(C(F)(F)F)c2)cc1OC. The first-order valence-electron chi connectivity index (χ1n) is 11.2. The molecule has 0 radical (unpaired) electrons. The number of hydrogen-bond donors (Lipinski definition) is 1. The van der Waals surface area contributed by atoms with Crippen LogP contribution in [0.1, 0.15) is 11.1 Å². The van der Waals surface area contributed by atoms with Gasteiger partial charge in [0.2, 0.25) is 0 Å². The molecule has 0 fully saturated rings. The van der Waals surface area contributed by atoms with E-state index >= 15 is 0 Å². The summed E-state index contributed by atoms with van der Waals surface area (Å²) in [6.45, 7) is 0. The van der Waals surface area contributed by atoms with Crippen molar-refractivity contribution in [1.82, 2.24) is 9.78 Å². The van der Waals surface area contributed by atoms with Gasteiger partial charge in [0.05, 0.1) is 25.5 Å². The summed E-state index contributed by atoms with van der Waals surface area (Å²) >= 11 is 0. The van der Waals surface area contributed by atoms with E-state index in [1.54, 1.807) is 29.1 Å². The highest BCUT2D eigenvalue weighted by Gasteiger charge is 2.30. The molecule has 1 amide bonds. The summed E-state index contributed by atoms with van der Waals surface area (Å²) < 4.78 is 51.5. The lowest BCUT2D eigenvalue weighted by Crippen LogP contribution is -2.14. The average Bonchev–Trinajstić information content (AvgIpc) is 3.35. The van der Waals surface area contributed by atoms with Crippen LogP contribution in [0.2, 0.25) is 0 Å². The number of ether oxygens (including phenoxy) is 2. The molecule has 0 saturated carbocycles. The maximum atomic E-state index is 13.1. The Balaban J connectivity index is 1.76. The molecule has 0 aliphatic heterocycles. The molecule has 1 aromatic heterocycles. The van der Waals surface area contributed by atoms with E-state index in [2.05, 4.69) is 10.4 Å². The van der Waals surface area contributed by atoms with Crippen molar-refractivity contribution in [2.75, 3.05) is 19.5 Å². The van der Waals surface area contributed by atoms with Gasteiger partial charge in [0.1, 0.15) is 17.3 Å². The number of amides is 1. The molecule has 4 rings (SSSR count). The first kappa shape index (κ1) is 26.0. The van der Waals surface area contributed by atoms with Crippen LogP contribution in [0.3, 0.4) is 0 Å². The van der Waals surface area contributed by atoms with Crippen molar-refractivity contribution in [3.63, 3.8) is 0 Å². The fourth-order valence-corrected chi connectivity index (χ4v) is 3.69. The Morgan fingerprint density at radius 1 is 1.00 bits per heavy atom. The number of nitriles is 1. The van der Waals surface area contributed by atoms with Gasteiger partial charge in [0.25, 0.3) is 5.91 Å². The summed E-state index contributed by atoms with van der Waals surface area (Å²) in [7, 11) is 3.01. The molecule has 0 aliphatic carbocycles. The van der Waals surface area contributed by atoms with Crippen LogP contribution in [0.5, 0.6) is 11.5 Å². The second-order valence-corrected chi connectivity index (χ2v) is 7.99. The van der Waals surface area contributed by atoms with Crippen molar-refractivity contribution in [3.8, 4) is 34.5 Å². The third-order valence-corrected chi connectivity index (χ3v) is 5.53. The topological polar surface area (TPSA) is 89.2 Å². The fourth-order valence-electron chi connectivity index (χ4n) is 3.69. The van der Waals surface area contributed by atoms with Gasteiger partial charge in [-0.15, -0.1) is 0 Å². The minimum absolute atomic E-state index is 0.0916. The van der Waals surface area contributed by atoms with Gasteiger partial charge in [-0.2, -0.15) is 23.5 Å². The van der Waals surface area contributed by atoms with E-state index in [4.69, 9.17) is 9.47 Å². The molecule has 10 heteroatoms. The number of carbonyl (C=O) groups is 1. The van der Waals surface area contributed by atoms with Crippen LogP contribution < -0.4 is 14.8 Å². The van der Waals surface area contributed by atoms with Gasteiger partial charge in [0, 0.05) is 23.0 Å². The molecule has 38 heavy (non-hydrogen) atoms. The highest BCUT2D eigenvalue weighted by atomic mass is 19.4. The van der Waals surface area contributed by atoms with Crippen LogP contribution in [-0.4, -0.2) is 29.9 Å². The monoisotopic (exact) mass is 518 g/mol. The number of benzene rings is 3. The standard InChI is InChI=1S/C28H21F3N4O3/c1-37-24-12-11-18(14-25(24)38-2)26-20(17-35(34-26)23-9-4-3-5-10-23)13-19(16-32)27(36)33-22-8-6-7-21(15-22)28(29,30)31/h3-15,17H,1-2H3,(H,33,36). The fraction of sp³-hybridized carbons (Fsp3) is 0.107. The lowest BCUT2D eigenvalue weighted by atomic mass is 10.0. The number of nitrogens with one attached hydrogen (secondary N) is 1. The summed E-state index contributed by atoms with van der Waals surface area (Å²) in [4.78, 5) is 12.9. The van der Waals surface area contributed by atoms with Crippen molar-refractivity contribution in [2.45, 2.75) is 6.18 Å². The second-order valence-electron chi connectivity index (χ2n) is 7.99. The quantitative estimate of drug-likeness (QED) is 0.235. The molecule has 0 unspecified atom stereocenters. The summed E-state index contributed by atoms with van der Waals surface area (Å²) in [6, 6.07) is 20.4. The second kappa shape index (κ2) is 10.9.